The number of amides is 3. The minimum absolute atomic E-state index is 0.0330. The molecule has 3 N–H and O–H groups in total. The highest BCUT2D eigenvalue weighted by Crippen LogP contribution is 2.30. The van der Waals surface area contributed by atoms with Crippen molar-refractivity contribution in [1.29, 1.82) is 0 Å². The van der Waals surface area contributed by atoms with E-state index >= 15 is 0 Å². The SMILES string of the molecule is CC(NC(=O)NCc1cccs1)c1ccc2c(c1)NC(=O)CO2. The number of anilines is 1. The quantitative estimate of drug-likeness (QED) is 0.806. The van der Waals surface area contributed by atoms with Crippen molar-refractivity contribution in [3.05, 3.63) is 46.2 Å². The van der Waals surface area contributed by atoms with Crippen molar-refractivity contribution in [1.82, 2.24) is 10.6 Å². The summed E-state index contributed by atoms with van der Waals surface area (Å²) in [6.45, 7) is 2.42. The van der Waals surface area contributed by atoms with Crippen LogP contribution in [-0.2, 0) is 11.3 Å². The van der Waals surface area contributed by atoms with E-state index in [0.717, 1.165) is 10.4 Å². The molecule has 7 heteroatoms. The molecule has 1 unspecified atom stereocenters. The van der Waals surface area contributed by atoms with Crippen LogP contribution >= 0.6 is 11.3 Å². The van der Waals surface area contributed by atoms with Gasteiger partial charge in [-0.1, -0.05) is 12.1 Å². The number of carbonyl (C=O) groups is 2. The van der Waals surface area contributed by atoms with Crippen LogP contribution in [0.1, 0.15) is 23.4 Å². The maximum absolute atomic E-state index is 12.0. The Morgan fingerprint density at radius 1 is 1.43 bits per heavy atom. The van der Waals surface area contributed by atoms with Crippen molar-refractivity contribution < 1.29 is 14.3 Å². The van der Waals surface area contributed by atoms with Gasteiger partial charge in [0, 0.05) is 4.88 Å². The van der Waals surface area contributed by atoms with E-state index in [1.165, 1.54) is 0 Å². The van der Waals surface area contributed by atoms with Crippen LogP contribution < -0.4 is 20.7 Å². The number of thiophene rings is 1. The molecule has 0 saturated carbocycles. The Hall–Kier alpha value is -2.54. The van der Waals surface area contributed by atoms with Gasteiger partial charge < -0.3 is 20.7 Å². The first-order valence-corrected chi connectivity index (χ1v) is 8.13. The molecule has 1 aromatic carbocycles. The molecule has 0 bridgehead atoms. The van der Waals surface area contributed by atoms with E-state index in [4.69, 9.17) is 4.74 Å². The van der Waals surface area contributed by atoms with Gasteiger partial charge in [-0.3, -0.25) is 4.79 Å². The molecule has 0 saturated heterocycles. The maximum Gasteiger partial charge on any atom is 0.315 e. The minimum Gasteiger partial charge on any atom is -0.482 e. The van der Waals surface area contributed by atoms with E-state index in [0.29, 0.717) is 18.0 Å². The summed E-state index contributed by atoms with van der Waals surface area (Å²) in [6, 6.07) is 8.99. The fraction of sp³-hybridized carbons (Fsp3) is 0.250. The van der Waals surface area contributed by atoms with Gasteiger partial charge in [-0.05, 0) is 36.1 Å². The van der Waals surface area contributed by atoms with Crippen molar-refractivity contribution >= 4 is 29.0 Å². The smallest absolute Gasteiger partial charge is 0.315 e. The summed E-state index contributed by atoms with van der Waals surface area (Å²) in [6.07, 6.45) is 0. The lowest BCUT2D eigenvalue weighted by atomic mass is 10.1. The summed E-state index contributed by atoms with van der Waals surface area (Å²) in [7, 11) is 0. The van der Waals surface area contributed by atoms with Gasteiger partial charge in [-0.25, -0.2) is 4.79 Å². The van der Waals surface area contributed by atoms with Crippen molar-refractivity contribution in [3.63, 3.8) is 0 Å². The van der Waals surface area contributed by atoms with Crippen LogP contribution in [0, 0.1) is 0 Å². The van der Waals surface area contributed by atoms with Crippen LogP contribution in [0.4, 0.5) is 10.5 Å². The lowest BCUT2D eigenvalue weighted by Gasteiger charge is -2.21. The third-order valence-corrected chi connectivity index (χ3v) is 4.36. The lowest BCUT2D eigenvalue weighted by Crippen LogP contribution is -2.36. The topological polar surface area (TPSA) is 79.5 Å². The standard InChI is InChI=1S/C16H17N3O3S/c1-10(18-16(21)17-8-12-3-2-6-23-12)11-4-5-14-13(7-11)19-15(20)9-22-14/h2-7,10H,8-9H2,1H3,(H,19,20)(H2,17,18,21). The molecule has 6 nitrogen and oxygen atoms in total. The van der Waals surface area contributed by atoms with Gasteiger partial charge in [0.1, 0.15) is 5.75 Å². The van der Waals surface area contributed by atoms with E-state index in [1.807, 2.05) is 36.6 Å². The third-order valence-electron chi connectivity index (χ3n) is 3.49. The molecule has 0 aliphatic carbocycles. The largest absolute Gasteiger partial charge is 0.482 e. The molecule has 1 aromatic heterocycles. The Balaban J connectivity index is 1.59. The van der Waals surface area contributed by atoms with E-state index in [1.54, 1.807) is 17.4 Å². The fourth-order valence-electron chi connectivity index (χ4n) is 2.28. The Kier molecular flexibility index (Phi) is 4.47. The number of urea groups is 1. The maximum atomic E-state index is 12.0. The van der Waals surface area contributed by atoms with E-state index in [-0.39, 0.29) is 24.6 Å². The molecule has 2 heterocycles. The van der Waals surface area contributed by atoms with Crippen LogP contribution in [0.2, 0.25) is 0 Å². The van der Waals surface area contributed by atoms with Crippen molar-refractivity contribution in [2.24, 2.45) is 0 Å². The normalized spacial score (nSPS) is 14.2. The summed E-state index contributed by atoms with van der Waals surface area (Å²) in [4.78, 5) is 24.4. The zero-order valence-electron chi connectivity index (χ0n) is 12.6. The first-order chi connectivity index (χ1) is 11.1. The molecule has 2 aromatic rings. The first kappa shape index (κ1) is 15.4. The van der Waals surface area contributed by atoms with E-state index < -0.39 is 0 Å². The monoisotopic (exact) mass is 331 g/mol. The summed E-state index contributed by atoms with van der Waals surface area (Å²) in [5, 5.41) is 10.4. The first-order valence-electron chi connectivity index (χ1n) is 7.25. The van der Waals surface area contributed by atoms with Gasteiger partial charge in [-0.15, -0.1) is 11.3 Å². The van der Waals surface area contributed by atoms with Crippen molar-refractivity contribution in [2.45, 2.75) is 19.5 Å². The molecule has 1 aliphatic rings. The summed E-state index contributed by atoms with van der Waals surface area (Å²) in [5.41, 5.74) is 1.52. The second-order valence-corrected chi connectivity index (χ2v) is 6.25. The molecule has 1 atom stereocenters. The molecule has 3 rings (SSSR count). The van der Waals surface area contributed by atoms with Crippen LogP contribution in [0.25, 0.3) is 0 Å². The van der Waals surface area contributed by atoms with Crippen LogP contribution in [0.15, 0.2) is 35.7 Å². The Morgan fingerprint density at radius 2 is 2.30 bits per heavy atom. The second kappa shape index (κ2) is 6.70. The van der Waals surface area contributed by atoms with Crippen LogP contribution in [0.5, 0.6) is 5.75 Å². The molecule has 3 amide bonds. The Bertz CT molecular complexity index is 715. The highest BCUT2D eigenvalue weighted by molar-refractivity contribution is 7.09. The zero-order valence-corrected chi connectivity index (χ0v) is 13.4. The van der Waals surface area contributed by atoms with Gasteiger partial charge in [0.2, 0.25) is 0 Å². The number of hydrogen-bond acceptors (Lipinski definition) is 4. The molecule has 0 spiro atoms. The van der Waals surface area contributed by atoms with Crippen molar-refractivity contribution in [2.75, 3.05) is 11.9 Å². The zero-order chi connectivity index (χ0) is 16.2. The van der Waals surface area contributed by atoms with E-state index in [9.17, 15) is 9.59 Å². The Labute approximate surface area is 137 Å². The predicted octanol–water partition coefficient (Wildman–Crippen LogP) is 2.64. The molecule has 23 heavy (non-hydrogen) atoms. The number of fused-ring (bicyclic) bond motifs is 1. The van der Waals surface area contributed by atoms with Gasteiger partial charge in [0.25, 0.3) is 5.91 Å². The van der Waals surface area contributed by atoms with Gasteiger partial charge in [-0.2, -0.15) is 0 Å². The minimum atomic E-state index is -0.232. The van der Waals surface area contributed by atoms with Gasteiger partial charge in [0.15, 0.2) is 6.61 Å². The highest BCUT2D eigenvalue weighted by Gasteiger charge is 2.18. The van der Waals surface area contributed by atoms with Crippen LogP contribution in [-0.4, -0.2) is 18.5 Å². The fourth-order valence-corrected chi connectivity index (χ4v) is 2.93. The number of nitrogens with one attached hydrogen (secondary N) is 3. The molecule has 120 valence electrons. The summed E-state index contributed by atoms with van der Waals surface area (Å²) >= 11 is 1.60. The number of carbonyl (C=O) groups excluding carboxylic acids is 2. The van der Waals surface area contributed by atoms with Crippen LogP contribution in [0.3, 0.4) is 0 Å². The highest BCUT2D eigenvalue weighted by atomic mass is 32.1. The number of rotatable bonds is 4. The summed E-state index contributed by atoms with van der Waals surface area (Å²) in [5.74, 6) is 0.464. The summed E-state index contributed by atoms with van der Waals surface area (Å²) < 4.78 is 5.32. The van der Waals surface area contributed by atoms with Gasteiger partial charge >= 0.3 is 6.03 Å². The Morgan fingerprint density at radius 3 is 3.09 bits per heavy atom. The second-order valence-electron chi connectivity index (χ2n) is 5.22. The van der Waals surface area contributed by atoms with Gasteiger partial charge in [0.05, 0.1) is 18.3 Å². The number of ether oxygens (including phenoxy) is 1. The molecule has 0 radical (unpaired) electrons. The van der Waals surface area contributed by atoms with Crippen molar-refractivity contribution in [3.8, 4) is 5.75 Å². The lowest BCUT2D eigenvalue weighted by molar-refractivity contribution is -0.118. The predicted molar refractivity (Wildman–Crippen MR) is 88.7 cm³/mol. The molecule has 1 aliphatic heterocycles. The molecular weight excluding hydrogens is 314 g/mol. The average Bonchev–Trinajstić information content (AvgIpc) is 3.05. The number of hydrogen-bond donors (Lipinski definition) is 3. The number of benzene rings is 1. The third kappa shape index (κ3) is 3.81. The molecular formula is C16H17N3O3S. The van der Waals surface area contributed by atoms with E-state index in [2.05, 4.69) is 16.0 Å². The average molecular weight is 331 g/mol. The molecule has 0 fully saturated rings.